The van der Waals surface area contributed by atoms with Gasteiger partial charge in [0.2, 0.25) is 15.9 Å². The monoisotopic (exact) mass is 1080 g/mol. The van der Waals surface area contributed by atoms with E-state index < -0.39 is 122 Å². The number of alkyl carbamates (subject to hydrolysis) is 2. The van der Waals surface area contributed by atoms with Crippen molar-refractivity contribution in [1.82, 2.24) is 30.1 Å². The topological polar surface area (TPSA) is 296 Å². The van der Waals surface area contributed by atoms with Gasteiger partial charge in [-0.25, -0.2) is 22.8 Å². The van der Waals surface area contributed by atoms with Crippen LogP contribution in [-0.4, -0.2) is 187 Å². The molecule has 424 valence electrons. The van der Waals surface area contributed by atoms with Gasteiger partial charge in [0.05, 0.1) is 30.2 Å². The zero-order valence-electron chi connectivity index (χ0n) is 45.3. The van der Waals surface area contributed by atoms with Gasteiger partial charge in [0.25, 0.3) is 5.69 Å². The van der Waals surface area contributed by atoms with Crippen LogP contribution in [0, 0.1) is 16.0 Å². The predicted octanol–water partition coefficient (Wildman–Crippen LogP) is 4.51. The summed E-state index contributed by atoms with van der Waals surface area (Å²) in [5, 5.41) is 44.0. The quantitative estimate of drug-likeness (QED) is 0.0585. The van der Waals surface area contributed by atoms with Crippen molar-refractivity contribution in [3.63, 3.8) is 0 Å². The molecule has 1 saturated carbocycles. The number of likely N-dealkylation sites (N-methyl/N-ethyl adjacent to an activating group) is 1. The standard InChI is InChI=1S/C50H81N7O17S/c1-31-26-37(58)44(68-30-31)71-43-34(52-39(59)19-15-22-51-45(61)72-48(2,3)4)27-35(53-46(62)73-49(5,6)7)42(41(43)60)70-40-20-14-16-33(69-40)29-56(75(66,67)38-18-13-12-17-36(38)57(64)65)23-21-32-28-55(25-24-54(32)11)47(63)74-50(8,9)10/h12-13,16-18,31-32,34-35,37,40-44,58,60H,14-15,19-30H2,1-11H3,(H,51,61)(H,52,59)(H,53,62)/t31-,32?,34+,35-,37+,40+,41-,42+,43-,44+/m0/s1. The Morgan fingerprint density at radius 3 is 2.19 bits per heavy atom. The molecule has 3 heterocycles. The summed E-state index contributed by atoms with van der Waals surface area (Å²) in [7, 11) is -2.74. The second-order valence-corrected chi connectivity index (χ2v) is 24.6. The summed E-state index contributed by atoms with van der Waals surface area (Å²) < 4.78 is 72.0. The number of nitro benzene ring substituents is 1. The van der Waals surface area contributed by atoms with Crippen LogP contribution in [0.25, 0.3) is 0 Å². The molecule has 4 amide bonds. The Morgan fingerprint density at radius 1 is 0.893 bits per heavy atom. The average Bonchev–Trinajstić information content (AvgIpc) is 3.28. The average molecular weight is 1080 g/mol. The van der Waals surface area contributed by atoms with Crippen LogP contribution in [0.15, 0.2) is 41.0 Å². The number of aliphatic hydroxyl groups excluding tert-OH is 2. The van der Waals surface area contributed by atoms with Crippen LogP contribution in [0.2, 0.25) is 0 Å². The number of rotatable bonds is 18. The molecule has 1 aromatic carbocycles. The number of piperazine rings is 1. The molecule has 0 aromatic heterocycles. The number of para-hydroxylation sites is 1. The first kappa shape index (κ1) is 61.0. The molecular formula is C50H81N7O17S. The molecule has 24 nitrogen and oxygen atoms in total. The normalized spacial score (nSPS) is 27.1. The third kappa shape index (κ3) is 18.7. The lowest BCUT2D eigenvalue weighted by Gasteiger charge is -2.47. The molecule has 3 fully saturated rings. The lowest BCUT2D eigenvalue weighted by atomic mass is 9.83. The molecule has 1 unspecified atom stereocenters. The van der Waals surface area contributed by atoms with Gasteiger partial charge in [0.15, 0.2) is 17.5 Å². The van der Waals surface area contributed by atoms with Gasteiger partial charge in [-0.15, -0.1) is 0 Å². The van der Waals surface area contributed by atoms with E-state index in [0.29, 0.717) is 25.9 Å². The van der Waals surface area contributed by atoms with Crippen LogP contribution in [-0.2, 0) is 48.0 Å². The first-order valence-corrected chi connectivity index (χ1v) is 27.1. The number of nitro groups is 1. The number of sulfonamides is 1. The third-order valence-corrected chi connectivity index (χ3v) is 14.5. The number of nitrogens with zero attached hydrogens (tertiary/aromatic N) is 4. The Morgan fingerprint density at radius 2 is 1.53 bits per heavy atom. The van der Waals surface area contributed by atoms with Crippen molar-refractivity contribution in [2.24, 2.45) is 5.92 Å². The maximum atomic E-state index is 14.6. The van der Waals surface area contributed by atoms with Crippen molar-refractivity contribution in [1.29, 1.82) is 0 Å². The number of hydrogen-bond acceptors (Lipinski definition) is 18. The van der Waals surface area contributed by atoms with E-state index in [2.05, 4.69) is 16.0 Å². The molecule has 75 heavy (non-hydrogen) atoms. The molecule has 0 bridgehead atoms. The van der Waals surface area contributed by atoms with Gasteiger partial charge in [-0.05, 0) is 120 Å². The van der Waals surface area contributed by atoms with Gasteiger partial charge >= 0.3 is 18.3 Å². The lowest BCUT2D eigenvalue weighted by Crippen LogP contribution is -2.67. The summed E-state index contributed by atoms with van der Waals surface area (Å²) in [5.74, 6) is -0.334. The predicted molar refractivity (Wildman–Crippen MR) is 271 cm³/mol. The van der Waals surface area contributed by atoms with Crippen molar-refractivity contribution in [2.75, 3.05) is 52.9 Å². The minimum Gasteiger partial charge on any atom is -0.468 e. The summed E-state index contributed by atoms with van der Waals surface area (Å²) in [4.78, 5) is 66.9. The Kier molecular flexibility index (Phi) is 21.1. The van der Waals surface area contributed by atoms with Crippen LogP contribution < -0.4 is 16.0 Å². The minimum atomic E-state index is -4.61. The molecule has 25 heteroatoms. The zero-order valence-corrected chi connectivity index (χ0v) is 46.1. The molecule has 2 saturated heterocycles. The van der Waals surface area contributed by atoms with Crippen molar-refractivity contribution < 1.29 is 75.9 Å². The van der Waals surface area contributed by atoms with Gasteiger partial charge in [-0.2, -0.15) is 4.31 Å². The molecule has 5 rings (SSSR count). The Hall–Kier alpha value is -4.89. The number of carbonyl (C=O) groups excluding carboxylic acids is 4. The Labute approximate surface area is 440 Å². The van der Waals surface area contributed by atoms with Crippen LogP contribution in [0.4, 0.5) is 20.1 Å². The fourth-order valence-electron chi connectivity index (χ4n) is 9.07. The maximum Gasteiger partial charge on any atom is 0.410 e. The fraction of sp³-hybridized carbons (Fsp3) is 0.760. The molecular weight excluding hydrogens is 1000 g/mol. The SMILES string of the molecule is C[C@@H]1CO[C@H](O[C@@H]2[C@@H](O)[C@H](O[C@@H]3CCC=C(CN(CCC4CN(C(=O)OC(C)(C)C)CCN4C)S(=O)(=O)c4ccccc4[N+](=O)[O-])O3)[C@@H](NC(=O)OC(C)(C)C)C[C@H]2NC(=O)CCCNC(=O)OC(C)(C)C)[C@H](O)C1. The molecule has 1 aromatic rings. The number of aliphatic hydroxyl groups is 2. The van der Waals surface area contributed by atoms with E-state index in [4.69, 9.17) is 33.2 Å². The van der Waals surface area contributed by atoms with Gasteiger partial charge in [0, 0.05) is 57.7 Å². The Balaban J connectivity index is 1.40. The lowest BCUT2D eigenvalue weighted by molar-refractivity contribution is -0.387. The Bertz CT molecular complexity index is 2270. The van der Waals surface area contributed by atoms with E-state index >= 15 is 0 Å². The summed E-state index contributed by atoms with van der Waals surface area (Å²) in [6.07, 6.45) is -6.98. The van der Waals surface area contributed by atoms with Crippen LogP contribution in [0.5, 0.6) is 0 Å². The molecule has 4 aliphatic rings. The van der Waals surface area contributed by atoms with E-state index in [9.17, 15) is 47.9 Å². The van der Waals surface area contributed by atoms with Crippen LogP contribution >= 0.6 is 0 Å². The largest absolute Gasteiger partial charge is 0.468 e. The molecule has 10 atom stereocenters. The molecule has 3 aliphatic heterocycles. The highest BCUT2D eigenvalue weighted by atomic mass is 32.2. The van der Waals surface area contributed by atoms with Crippen LogP contribution in [0.1, 0.15) is 114 Å². The van der Waals surface area contributed by atoms with Gasteiger partial charge < -0.3 is 64.2 Å². The van der Waals surface area contributed by atoms with Crippen molar-refractivity contribution >= 4 is 39.9 Å². The number of amides is 4. The number of benzene rings is 1. The van der Waals surface area contributed by atoms with Crippen LogP contribution in [0.3, 0.4) is 0 Å². The summed E-state index contributed by atoms with van der Waals surface area (Å²) in [6, 6.07) is 2.62. The maximum absolute atomic E-state index is 14.6. The van der Waals surface area contributed by atoms with E-state index in [1.165, 1.54) is 12.1 Å². The fourth-order valence-corrected chi connectivity index (χ4v) is 10.6. The van der Waals surface area contributed by atoms with Gasteiger partial charge in [-0.1, -0.05) is 19.1 Å². The number of ether oxygens (including phenoxy) is 7. The molecule has 0 radical (unpaired) electrons. The first-order valence-electron chi connectivity index (χ1n) is 25.7. The highest BCUT2D eigenvalue weighted by molar-refractivity contribution is 7.89. The van der Waals surface area contributed by atoms with Crippen molar-refractivity contribution in [2.45, 2.75) is 191 Å². The number of carbonyl (C=O) groups is 4. The molecule has 5 N–H and O–H groups in total. The highest BCUT2D eigenvalue weighted by Gasteiger charge is 2.50. The second kappa shape index (κ2) is 26.0. The van der Waals surface area contributed by atoms with Crippen molar-refractivity contribution in [3.8, 4) is 0 Å². The summed E-state index contributed by atoms with van der Waals surface area (Å²) in [6.45, 7) is 18.3. The van der Waals surface area contributed by atoms with E-state index in [1.807, 2.05) is 18.9 Å². The van der Waals surface area contributed by atoms with E-state index in [-0.39, 0.29) is 76.1 Å². The second-order valence-electron chi connectivity index (χ2n) is 22.7. The van der Waals surface area contributed by atoms with Crippen molar-refractivity contribution in [3.05, 3.63) is 46.2 Å². The molecule has 1 aliphatic carbocycles. The molecule has 0 spiro atoms. The first-order chi connectivity index (χ1) is 34.9. The van der Waals surface area contributed by atoms with E-state index in [1.54, 1.807) is 73.3 Å². The summed E-state index contributed by atoms with van der Waals surface area (Å²) in [5.41, 5.74) is -3.01. The zero-order chi connectivity index (χ0) is 55.6. The summed E-state index contributed by atoms with van der Waals surface area (Å²) >= 11 is 0. The van der Waals surface area contributed by atoms with Gasteiger partial charge in [0.1, 0.15) is 47.0 Å². The highest BCUT2D eigenvalue weighted by Crippen LogP contribution is 2.34. The minimum absolute atomic E-state index is 0.00181. The third-order valence-electron chi connectivity index (χ3n) is 12.6. The van der Waals surface area contributed by atoms with E-state index in [0.717, 1.165) is 16.4 Å². The number of allylic oxidation sites excluding steroid dienone is 1. The van der Waals surface area contributed by atoms with Gasteiger partial charge in [-0.3, -0.25) is 19.8 Å². The number of hydrogen-bond donors (Lipinski definition) is 5. The smallest absolute Gasteiger partial charge is 0.410 e. The number of nitrogens with one attached hydrogen (secondary N) is 3.